The number of esters is 1. The molecule has 0 fully saturated rings. The third-order valence-corrected chi connectivity index (χ3v) is 6.86. The minimum atomic E-state index is -3.44. The molecule has 0 bridgehead atoms. The van der Waals surface area contributed by atoms with Crippen molar-refractivity contribution in [3.05, 3.63) is 64.5 Å². The lowest BCUT2D eigenvalue weighted by Gasteiger charge is -2.15. The molecule has 0 spiro atoms. The van der Waals surface area contributed by atoms with Crippen molar-refractivity contribution in [1.29, 1.82) is 0 Å². The van der Waals surface area contributed by atoms with Crippen LogP contribution in [0.5, 0.6) is 0 Å². The highest BCUT2D eigenvalue weighted by Gasteiger charge is 2.19. The first kappa shape index (κ1) is 23.0. The molecule has 7 heteroatoms. The first-order chi connectivity index (χ1) is 14.7. The molecule has 1 aromatic carbocycles. The number of aryl methyl sites for hydroxylation is 1. The molecular formula is C24H29NO5S. The summed E-state index contributed by atoms with van der Waals surface area (Å²) < 4.78 is 30.7. The number of nitrogens with zero attached hydrogens (tertiary/aromatic N) is 1. The van der Waals surface area contributed by atoms with Crippen LogP contribution in [0.2, 0.25) is 0 Å². The van der Waals surface area contributed by atoms with Gasteiger partial charge in [0.15, 0.2) is 16.4 Å². The highest BCUT2D eigenvalue weighted by molar-refractivity contribution is 7.90. The van der Waals surface area contributed by atoms with E-state index < -0.39 is 22.4 Å². The summed E-state index contributed by atoms with van der Waals surface area (Å²) in [6, 6.07) is 7.45. The smallest absolute Gasteiger partial charge is 0.338 e. The van der Waals surface area contributed by atoms with E-state index in [1.807, 2.05) is 19.9 Å². The topological polar surface area (TPSA) is 82.4 Å². The Morgan fingerprint density at radius 1 is 1.13 bits per heavy atom. The Kier molecular flexibility index (Phi) is 7.15. The molecule has 6 nitrogen and oxygen atoms in total. The van der Waals surface area contributed by atoms with Crippen LogP contribution in [-0.4, -0.2) is 37.6 Å². The molecule has 1 aliphatic carbocycles. The molecule has 0 unspecified atom stereocenters. The Labute approximate surface area is 183 Å². The van der Waals surface area contributed by atoms with Crippen LogP contribution < -0.4 is 0 Å². The third kappa shape index (κ3) is 5.73. The molecule has 0 N–H and O–H groups in total. The van der Waals surface area contributed by atoms with E-state index in [1.165, 1.54) is 42.7 Å². The molecule has 0 amide bonds. The van der Waals surface area contributed by atoms with Gasteiger partial charge in [0.05, 0.1) is 10.5 Å². The van der Waals surface area contributed by atoms with Crippen LogP contribution in [0.15, 0.2) is 46.9 Å². The van der Waals surface area contributed by atoms with Crippen molar-refractivity contribution >= 4 is 21.6 Å². The van der Waals surface area contributed by atoms with Crippen LogP contribution in [0, 0.1) is 13.8 Å². The Hall–Kier alpha value is -2.67. The Balaban J connectivity index is 1.64. The van der Waals surface area contributed by atoms with Gasteiger partial charge in [0.2, 0.25) is 5.78 Å². The number of allylic oxidation sites excluding steroid dienone is 2. The molecule has 166 valence electrons. The molecule has 3 rings (SSSR count). The van der Waals surface area contributed by atoms with Crippen LogP contribution in [0.4, 0.5) is 0 Å². The van der Waals surface area contributed by atoms with Gasteiger partial charge in [-0.1, -0.05) is 17.7 Å². The summed E-state index contributed by atoms with van der Waals surface area (Å²) in [6.45, 7) is 4.32. The summed E-state index contributed by atoms with van der Waals surface area (Å²) >= 11 is 0. The number of rotatable bonds is 8. The summed E-state index contributed by atoms with van der Waals surface area (Å²) in [6.07, 6.45) is 9.21. The lowest BCUT2D eigenvalue weighted by atomic mass is 9.97. The molecular weight excluding hydrogens is 414 g/mol. The number of Topliss-reactive ketones (excluding diaryl/α,β-unsaturated/α-hetero) is 1. The molecule has 2 aromatic rings. The molecule has 0 atom stereocenters. The van der Waals surface area contributed by atoms with Crippen LogP contribution in [0.1, 0.15) is 64.2 Å². The van der Waals surface area contributed by atoms with Crippen LogP contribution in [0.25, 0.3) is 0 Å². The van der Waals surface area contributed by atoms with Crippen molar-refractivity contribution in [2.45, 2.75) is 57.4 Å². The number of carbonyl (C=O) groups is 2. The zero-order valence-corrected chi connectivity index (χ0v) is 19.1. The minimum absolute atomic E-state index is 0.0323. The highest BCUT2D eigenvalue weighted by Crippen LogP contribution is 2.23. The average molecular weight is 444 g/mol. The second-order valence-corrected chi connectivity index (χ2v) is 10.1. The van der Waals surface area contributed by atoms with E-state index in [4.69, 9.17) is 4.74 Å². The molecule has 0 radical (unpaired) electrons. The van der Waals surface area contributed by atoms with Gasteiger partial charge in [-0.2, -0.15) is 0 Å². The summed E-state index contributed by atoms with van der Waals surface area (Å²) in [7, 11) is -3.44. The van der Waals surface area contributed by atoms with Gasteiger partial charge in [0.1, 0.15) is 0 Å². The fraction of sp³-hybridized carbons (Fsp3) is 0.417. The Morgan fingerprint density at radius 3 is 2.58 bits per heavy atom. The van der Waals surface area contributed by atoms with E-state index in [-0.39, 0.29) is 16.2 Å². The highest BCUT2D eigenvalue weighted by atomic mass is 32.2. The first-order valence-corrected chi connectivity index (χ1v) is 12.4. The Bertz CT molecular complexity index is 1120. The normalized spacial score (nSPS) is 14.2. The zero-order valence-electron chi connectivity index (χ0n) is 18.3. The van der Waals surface area contributed by atoms with E-state index >= 15 is 0 Å². The Morgan fingerprint density at radius 2 is 1.90 bits per heavy atom. The molecule has 1 heterocycles. The number of ketones is 1. The molecule has 1 aromatic heterocycles. The van der Waals surface area contributed by atoms with E-state index in [2.05, 4.69) is 10.6 Å². The van der Waals surface area contributed by atoms with Crippen molar-refractivity contribution in [3.63, 3.8) is 0 Å². The number of benzene rings is 1. The van der Waals surface area contributed by atoms with Gasteiger partial charge in [0.25, 0.3) is 0 Å². The second kappa shape index (κ2) is 9.64. The monoisotopic (exact) mass is 443 g/mol. The van der Waals surface area contributed by atoms with Crippen LogP contribution >= 0.6 is 0 Å². The molecule has 0 saturated carbocycles. The molecule has 0 aliphatic heterocycles. The van der Waals surface area contributed by atoms with E-state index in [0.29, 0.717) is 5.56 Å². The molecule has 31 heavy (non-hydrogen) atoms. The quantitative estimate of drug-likeness (QED) is 0.342. The van der Waals surface area contributed by atoms with Gasteiger partial charge in [-0.25, -0.2) is 13.2 Å². The van der Waals surface area contributed by atoms with Crippen LogP contribution in [-0.2, 0) is 21.1 Å². The third-order valence-electron chi connectivity index (χ3n) is 5.75. The van der Waals surface area contributed by atoms with Crippen molar-refractivity contribution in [2.24, 2.45) is 0 Å². The van der Waals surface area contributed by atoms with Crippen LogP contribution in [0.3, 0.4) is 0 Å². The predicted molar refractivity (Wildman–Crippen MR) is 119 cm³/mol. The summed E-state index contributed by atoms with van der Waals surface area (Å²) in [5.74, 6) is -0.999. The lowest BCUT2D eigenvalue weighted by Crippen LogP contribution is -2.15. The van der Waals surface area contributed by atoms with E-state index in [1.54, 1.807) is 0 Å². The maximum absolute atomic E-state index is 12.7. The second-order valence-electron chi connectivity index (χ2n) is 8.09. The van der Waals surface area contributed by atoms with Gasteiger partial charge in [-0.05, 0) is 70.2 Å². The van der Waals surface area contributed by atoms with Crippen molar-refractivity contribution < 1.29 is 22.7 Å². The zero-order chi connectivity index (χ0) is 22.6. The summed E-state index contributed by atoms with van der Waals surface area (Å²) in [5.41, 5.74) is 4.00. The van der Waals surface area contributed by atoms with Gasteiger partial charge in [0, 0.05) is 29.8 Å². The van der Waals surface area contributed by atoms with E-state index in [9.17, 15) is 18.0 Å². The SMILES string of the molecule is Cc1cc(C(=O)COC(=O)c2cccc(S(C)(=O)=O)c2)c(C)n1CCC1=CCCCC1. The van der Waals surface area contributed by atoms with Crippen molar-refractivity contribution in [1.82, 2.24) is 4.57 Å². The number of aromatic nitrogens is 1. The maximum Gasteiger partial charge on any atom is 0.338 e. The largest absolute Gasteiger partial charge is 0.454 e. The standard InChI is InChI=1S/C24H29NO5S/c1-17-14-22(18(2)25(17)13-12-19-8-5-4-6-9-19)23(26)16-30-24(27)20-10-7-11-21(15-20)31(3,28)29/h7-8,10-11,14-15H,4-6,9,12-13,16H2,1-3H3. The lowest BCUT2D eigenvalue weighted by molar-refractivity contribution is 0.0474. The van der Waals surface area contributed by atoms with Gasteiger partial charge < -0.3 is 9.30 Å². The van der Waals surface area contributed by atoms with Crippen molar-refractivity contribution in [3.8, 4) is 0 Å². The molecule has 1 aliphatic rings. The van der Waals surface area contributed by atoms with Gasteiger partial charge in [-0.15, -0.1) is 0 Å². The average Bonchev–Trinajstić information content (AvgIpc) is 3.04. The number of hydrogen-bond donors (Lipinski definition) is 0. The summed E-state index contributed by atoms with van der Waals surface area (Å²) in [4.78, 5) is 25.0. The minimum Gasteiger partial charge on any atom is -0.454 e. The number of ether oxygens (including phenoxy) is 1. The fourth-order valence-corrected chi connectivity index (χ4v) is 4.63. The number of sulfone groups is 1. The van der Waals surface area contributed by atoms with Gasteiger partial charge >= 0.3 is 5.97 Å². The van der Waals surface area contributed by atoms with Crippen molar-refractivity contribution in [2.75, 3.05) is 12.9 Å². The predicted octanol–water partition coefficient (Wildman–Crippen LogP) is 4.44. The van der Waals surface area contributed by atoms with E-state index in [0.717, 1.165) is 43.5 Å². The molecule has 0 saturated heterocycles. The number of hydrogen-bond acceptors (Lipinski definition) is 5. The van der Waals surface area contributed by atoms with Gasteiger partial charge in [-0.3, -0.25) is 4.79 Å². The summed E-state index contributed by atoms with van der Waals surface area (Å²) in [5, 5.41) is 0. The first-order valence-electron chi connectivity index (χ1n) is 10.5. The fourth-order valence-electron chi connectivity index (χ4n) is 3.96. The maximum atomic E-state index is 12.7. The number of carbonyl (C=O) groups excluding carboxylic acids is 2.